The lowest BCUT2D eigenvalue weighted by atomic mass is 9.48. The molecule has 0 unspecified atom stereocenters. The molecule has 272 valence electrons. The van der Waals surface area contributed by atoms with Crippen LogP contribution in [-0.4, -0.2) is 72.0 Å². The molecule has 3 aliphatic carbocycles. The summed E-state index contributed by atoms with van der Waals surface area (Å²) in [6, 6.07) is 37.9. The van der Waals surface area contributed by atoms with Gasteiger partial charge in [-0.3, -0.25) is 9.80 Å². The van der Waals surface area contributed by atoms with Crippen LogP contribution in [0.4, 0.5) is 0 Å². The number of rotatable bonds is 15. The van der Waals surface area contributed by atoms with Gasteiger partial charge < -0.3 is 14.6 Å². The van der Waals surface area contributed by atoms with E-state index in [4.69, 9.17) is 9.47 Å². The molecule has 1 N–H and O–H groups in total. The topological polar surface area (TPSA) is 45.2 Å². The highest BCUT2D eigenvalue weighted by molar-refractivity contribution is 5.63. The van der Waals surface area contributed by atoms with Crippen molar-refractivity contribution in [1.29, 1.82) is 0 Å². The molecule has 52 heavy (non-hydrogen) atoms. The van der Waals surface area contributed by atoms with E-state index >= 15 is 0 Å². The van der Waals surface area contributed by atoms with E-state index in [2.05, 4.69) is 113 Å². The molecule has 2 aliphatic heterocycles. The van der Waals surface area contributed by atoms with Crippen LogP contribution in [0.1, 0.15) is 91.5 Å². The average molecular weight is 697 g/mol. The summed E-state index contributed by atoms with van der Waals surface area (Å²) in [5.41, 5.74) is 5.55. The number of ether oxygens (including phenoxy) is 2. The molecular formula is C47H56N2O3. The van der Waals surface area contributed by atoms with E-state index in [0.29, 0.717) is 0 Å². The minimum Gasteiger partial charge on any atom is -0.493 e. The summed E-state index contributed by atoms with van der Waals surface area (Å²) in [4.78, 5) is 5.48. The van der Waals surface area contributed by atoms with Gasteiger partial charge in [0, 0.05) is 36.7 Å². The van der Waals surface area contributed by atoms with Crippen molar-refractivity contribution in [3.63, 3.8) is 0 Å². The van der Waals surface area contributed by atoms with Crippen molar-refractivity contribution in [3.05, 3.63) is 131 Å². The quantitative estimate of drug-likeness (QED) is 0.126. The second kappa shape index (κ2) is 14.3. The monoisotopic (exact) mass is 696 g/mol. The first-order chi connectivity index (χ1) is 25.6. The van der Waals surface area contributed by atoms with Gasteiger partial charge in [0.25, 0.3) is 0 Å². The van der Waals surface area contributed by atoms with E-state index in [1.54, 1.807) is 7.11 Å². The van der Waals surface area contributed by atoms with Crippen LogP contribution in [0.25, 0.3) is 0 Å². The standard InChI is InChI=1S/C47H56N2O3/c1-51-41-25-24-38-31-42-47(50)27-26-40(45-46(47,43(38)44(41)52-45)28-30-49(42)32-35-22-23-35)48(29-14-3-2-7-15-34-16-8-4-9-17-34)33-39(36-18-10-5-11-19-36)37-20-12-6-13-21-37/h4-6,8-13,16-21,24-25,35,39-40,42,45,50H,2-3,7,14-15,22-23,26-33H2,1H3/t40-,42-,45+,46+,47-/m1/s1. The zero-order valence-electron chi connectivity index (χ0n) is 31.0. The molecule has 0 aromatic heterocycles. The predicted octanol–water partition coefficient (Wildman–Crippen LogP) is 8.57. The molecule has 9 rings (SSSR count). The van der Waals surface area contributed by atoms with Gasteiger partial charge in [-0.2, -0.15) is 0 Å². The highest BCUT2D eigenvalue weighted by Crippen LogP contribution is 2.66. The number of aryl methyl sites for hydroxylation is 1. The fourth-order valence-electron chi connectivity index (χ4n) is 11.0. The molecule has 3 fully saturated rings. The Morgan fingerprint density at radius 2 is 1.52 bits per heavy atom. The molecule has 5 nitrogen and oxygen atoms in total. The third kappa shape index (κ3) is 5.97. The normalized spacial score (nSPS) is 27.4. The third-order valence-corrected chi connectivity index (χ3v) is 13.7. The Bertz CT molecular complexity index is 1770. The Morgan fingerprint density at radius 1 is 0.827 bits per heavy atom. The molecule has 1 saturated heterocycles. The second-order valence-corrected chi connectivity index (χ2v) is 16.6. The molecule has 4 aromatic rings. The van der Waals surface area contributed by atoms with E-state index in [1.165, 1.54) is 59.9 Å². The Morgan fingerprint density at radius 3 is 2.21 bits per heavy atom. The van der Waals surface area contributed by atoms with E-state index in [-0.39, 0.29) is 24.1 Å². The van der Waals surface area contributed by atoms with Crippen LogP contribution in [0.3, 0.4) is 0 Å². The number of benzene rings is 4. The number of piperidine rings is 1. The maximum Gasteiger partial charge on any atom is 0.165 e. The van der Waals surface area contributed by atoms with Crippen molar-refractivity contribution in [2.45, 2.75) is 106 Å². The number of hydrogen-bond donors (Lipinski definition) is 1. The Labute approximate surface area is 311 Å². The number of unbranched alkanes of at least 4 members (excludes halogenated alkanes) is 3. The molecule has 5 atom stereocenters. The van der Waals surface area contributed by atoms with Crippen LogP contribution >= 0.6 is 0 Å². The number of nitrogens with zero attached hydrogens (tertiary/aromatic N) is 2. The molecular weight excluding hydrogens is 641 g/mol. The van der Waals surface area contributed by atoms with Crippen LogP contribution in [0, 0.1) is 5.92 Å². The smallest absolute Gasteiger partial charge is 0.165 e. The second-order valence-electron chi connectivity index (χ2n) is 16.6. The van der Waals surface area contributed by atoms with Gasteiger partial charge in [0.1, 0.15) is 6.10 Å². The summed E-state index contributed by atoms with van der Waals surface area (Å²) in [5.74, 6) is 2.77. The SMILES string of the molecule is COc1ccc2c3c1O[C@H]1[C@H](N(CCCCCCc4ccccc4)CC(c4ccccc4)c4ccccc4)CC[C@@]4(O)[C@@H](C2)N(CC2CC2)CC[C@]314. The van der Waals surface area contributed by atoms with Gasteiger partial charge in [-0.15, -0.1) is 0 Å². The highest BCUT2D eigenvalue weighted by Gasteiger charge is 2.73. The maximum atomic E-state index is 13.3. The largest absolute Gasteiger partial charge is 0.493 e. The summed E-state index contributed by atoms with van der Waals surface area (Å²) >= 11 is 0. The maximum absolute atomic E-state index is 13.3. The first-order valence-corrected chi connectivity index (χ1v) is 20.3. The summed E-state index contributed by atoms with van der Waals surface area (Å²) in [5, 5.41) is 13.3. The zero-order chi connectivity index (χ0) is 35.1. The van der Waals surface area contributed by atoms with E-state index in [9.17, 15) is 5.11 Å². The molecule has 4 aromatic carbocycles. The van der Waals surface area contributed by atoms with Crippen LogP contribution in [0.15, 0.2) is 103 Å². The van der Waals surface area contributed by atoms with Gasteiger partial charge in [-0.1, -0.05) is 110 Å². The van der Waals surface area contributed by atoms with Gasteiger partial charge >= 0.3 is 0 Å². The number of aliphatic hydroxyl groups is 1. The summed E-state index contributed by atoms with van der Waals surface area (Å²) in [6.45, 7) is 4.11. The highest BCUT2D eigenvalue weighted by atomic mass is 16.5. The van der Waals surface area contributed by atoms with Crippen molar-refractivity contribution in [2.24, 2.45) is 5.92 Å². The van der Waals surface area contributed by atoms with Crippen LogP contribution in [0.5, 0.6) is 11.5 Å². The molecule has 2 bridgehead atoms. The van der Waals surface area contributed by atoms with Crippen LogP contribution in [-0.2, 0) is 18.3 Å². The number of hydrogen-bond acceptors (Lipinski definition) is 5. The minimum atomic E-state index is -0.812. The van der Waals surface area contributed by atoms with Crippen molar-refractivity contribution in [1.82, 2.24) is 9.80 Å². The van der Waals surface area contributed by atoms with Gasteiger partial charge in [0.2, 0.25) is 0 Å². The molecule has 2 saturated carbocycles. The first kappa shape index (κ1) is 34.1. The predicted molar refractivity (Wildman–Crippen MR) is 208 cm³/mol. The van der Waals surface area contributed by atoms with Crippen LogP contribution < -0.4 is 9.47 Å². The lowest BCUT2D eigenvalue weighted by Crippen LogP contribution is -2.78. The van der Waals surface area contributed by atoms with Crippen molar-refractivity contribution < 1.29 is 14.6 Å². The van der Waals surface area contributed by atoms with Gasteiger partial charge in [-0.05, 0) is 105 Å². The third-order valence-electron chi connectivity index (χ3n) is 13.7. The van der Waals surface area contributed by atoms with Crippen LogP contribution in [0.2, 0.25) is 0 Å². The fraction of sp³-hybridized carbons (Fsp3) is 0.489. The Hall–Kier alpha value is -3.64. The average Bonchev–Trinajstić information content (AvgIpc) is 3.94. The lowest BCUT2D eigenvalue weighted by molar-refractivity contribution is -0.201. The molecule has 5 aliphatic rings. The number of methoxy groups -OCH3 is 1. The van der Waals surface area contributed by atoms with Gasteiger partial charge in [0.15, 0.2) is 11.5 Å². The zero-order valence-corrected chi connectivity index (χ0v) is 31.0. The van der Waals surface area contributed by atoms with Crippen molar-refractivity contribution >= 4 is 0 Å². The Kier molecular flexibility index (Phi) is 9.39. The Balaban J connectivity index is 1.05. The lowest BCUT2D eigenvalue weighted by Gasteiger charge is -2.65. The molecule has 1 spiro atoms. The van der Waals surface area contributed by atoms with E-state index in [1.807, 2.05) is 0 Å². The molecule has 0 radical (unpaired) electrons. The number of likely N-dealkylation sites (tertiary alicyclic amines) is 1. The van der Waals surface area contributed by atoms with Gasteiger partial charge in [0.05, 0.1) is 18.1 Å². The minimum absolute atomic E-state index is 0.118. The summed E-state index contributed by atoms with van der Waals surface area (Å²) < 4.78 is 13.3. The molecule has 5 heteroatoms. The molecule has 0 amide bonds. The van der Waals surface area contributed by atoms with E-state index in [0.717, 1.165) is 82.1 Å². The van der Waals surface area contributed by atoms with Crippen molar-refractivity contribution in [3.8, 4) is 11.5 Å². The fourth-order valence-corrected chi connectivity index (χ4v) is 11.0. The first-order valence-electron chi connectivity index (χ1n) is 20.3. The summed E-state index contributed by atoms with van der Waals surface area (Å²) in [7, 11) is 1.77. The van der Waals surface area contributed by atoms with Crippen molar-refractivity contribution in [2.75, 3.05) is 33.3 Å². The summed E-state index contributed by atoms with van der Waals surface area (Å²) in [6.07, 6.45) is 12.1. The van der Waals surface area contributed by atoms with Gasteiger partial charge in [-0.25, -0.2) is 0 Å². The van der Waals surface area contributed by atoms with E-state index < -0.39 is 11.0 Å². The molecule has 2 heterocycles.